The quantitative estimate of drug-likeness (QED) is 0.763. The van der Waals surface area contributed by atoms with Crippen molar-refractivity contribution in [2.45, 2.75) is 40.2 Å². The Morgan fingerprint density at radius 1 is 1.22 bits per heavy atom. The van der Waals surface area contributed by atoms with Crippen LogP contribution in [0.25, 0.3) is 0 Å². The first kappa shape index (κ1) is 18.7. The molecule has 3 N–H and O–H groups in total. The molecule has 8 nitrogen and oxygen atoms in total. The maximum atomic E-state index is 12.2. The SMILES string of the molecule is Cn1ccnc(NC(=O)NC(C)(C)C(=O)NCC(C)(C)C)c1=O. The van der Waals surface area contributed by atoms with E-state index in [1.54, 1.807) is 20.9 Å². The molecule has 1 aromatic heterocycles. The van der Waals surface area contributed by atoms with Crippen LogP contribution in [-0.2, 0) is 11.8 Å². The van der Waals surface area contributed by atoms with E-state index in [-0.39, 0.29) is 17.1 Å². The standard InChI is InChI=1S/C15H25N5O3/c1-14(2,3)9-17-12(22)15(4,5)19-13(23)18-10-11(21)20(6)8-7-16-10/h7-8H,9H2,1-6H3,(H,17,22)(H2,16,18,19,23). The third kappa shape index (κ3) is 5.72. The van der Waals surface area contributed by atoms with Gasteiger partial charge in [0.2, 0.25) is 11.7 Å². The number of carbonyl (C=O) groups excluding carboxylic acids is 2. The van der Waals surface area contributed by atoms with Crippen molar-refractivity contribution >= 4 is 17.8 Å². The molecule has 0 aliphatic rings. The van der Waals surface area contributed by atoms with Crippen LogP contribution in [0.1, 0.15) is 34.6 Å². The molecule has 0 atom stereocenters. The van der Waals surface area contributed by atoms with Crippen LogP contribution in [0.5, 0.6) is 0 Å². The number of hydrogen-bond acceptors (Lipinski definition) is 4. The van der Waals surface area contributed by atoms with Gasteiger partial charge in [0.05, 0.1) is 0 Å². The van der Waals surface area contributed by atoms with Crippen molar-refractivity contribution < 1.29 is 9.59 Å². The Balaban J connectivity index is 2.69. The number of aryl methyl sites for hydroxylation is 1. The number of amides is 3. The van der Waals surface area contributed by atoms with Crippen LogP contribution in [0.2, 0.25) is 0 Å². The molecule has 1 rings (SSSR count). The van der Waals surface area contributed by atoms with Crippen LogP contribution in [0.15, 0.2) is 17.2 Å². The predicted molar refractivity (Wildman–Crippen MR) is 88.2 cm³/mol. The average Bonchev–Trinajstić information content (AvgIpc) is 2.39. The highest BCUT2D eigenvalue weighted by Crippen LogP contribution is 2.11. The lowest BCUT2D eigenvalue weighted by atomic mass is 9.96. The number of nitrogens with zero attached hydrogens (tertiary/aromatic N) is 2. The molecule has 128 valence electrons. The minimum Gasteiger partial charge on any atom is -0.354 e. The lowest BCUT2D eigenvalue weighted by Crippen LogP contribution is -2.56. The van der Waals surface area contributed by atoms with E-state index in [9.17, 15) is 14.4 Å². The molecule has 0 unspecified atom stereocenters. The number of hydrogen-bond donors (Lipinski definition) is 3. The summed E-state index contributed by atoms with van der Waals surface area (Å²) in [5.74, 6) is -0.408. The van der Waals surface area contributed by atoms with Gasteiger partial charge in [-0.3, -0.25) is 14.9 Å². The van der Waals surface area contributed by atoms with Crippen LogP contribution >= 0.6 is 0 Å². The van der Waals surface area contributed by atoms with Gasteiger partial charge in [0.15, 0.2) is 0 Å². The van der Waals surface area contributed by atoms with Crippen molar-refractivity contribution in [2.24, 2.45) is 12.5 Å². The fraction of sp³-hybridized carbons (Fsp3) is 0.600. The van der Waals surface area contributed by atoms with Crippen LogP contribution in [-0.4, -0.2) is 33.6 Å². The Kier molecular flexibility index (Phi) is 5.52. The number of anilines is 1. The second kappa shape index (κ2) is 6.80. The van der Waals surface area contributed by atoms with E-state index in [0.717, 1.165) is 0 Å². The summed E-state index contributed by atoms with van der Waals surface area (Å²) in [6, 6.07) is -0.670. The first-order valence-electron chi connectivity index (χ1n) is 7.31. The van der Waals surface area contributed by atoms with Gasteiger partial charge in [-0.25, -0.2) is 9.78 Å². The molecule has 1 heterocycles. The zero-order valence-electron chi connectivity index (χ0n) is 14.5. The normalized spacial score (nSPS) is 11.7. The fourth-order valence-electron chi connectivity index (χ4n) is 1.63. The van der Waals surface area contributed by atoms with E-state index in [0.29, 0.717) is 6.54 Å². The lowest BCUT2D eigenvalue weighted by molar-refractivity contribution is -0.126. The maximum Gasteiger partial charge on any atom is 0.321 e. The van der Waals surface area contributed by atoms with E-state index in [1.807, 2.05) is 20.8 Å². The van der Waals surface area contributed by atoms with Crippen molar-refractivity contribution in [1.82, 2.24) is 20.2 Å². The number of nitrogens with one attached hydrogen (secondary N) is 3. The summed E-state index contributed by atoms with van der Waals surface area (Å²) in [5, 5.41) is 7.69. The number of rotatable bonds is 4. The van der Waals surface area contributed by atoms with Gasteiger partial charge in [-0.1, -0.05) is 20.8 Å². The highest BCUT2D eigenvalue weighted by molar-refractivity contribution is 5.94. The first-order chi connectivity index (χ1) is 10.4. The second-order valence-electron chi connectivity index (χ2n) is 7.14. The van der Waals surface area contributed by atoms with E-state index < -0.39 is 17.1 Å². The largest absolute Gasteiger partial charge is 0.354 e. The molecular formula is C15H25N5O3. The molecule has 3 amide bonds. The van der Waals surface area contributed by atoms with Gasteiger partial charge in [-0.2, -0.15) is 0 Å². The fourth-order valence-corrected chi connectivity index (χ4v) is 1.63. The topological polar surface area (TPSA) is 105 Å². The number of carbonyl (C=O) groups is 2. The Morgan fingerprint density at radius 3 is 2.39 bits per heavy atom. The zero-order valence-corrected chi connectivity index (χ0v) is 14.5. The third-order valence-electron chi connectivity index (χ3n) is 3.02. The van der Waals surface area contributed by atoms with Crippen LogP contribution in [0, 0.1) is 5.41 Å². The summed E-state index contributed by atoms with van der Waals surface area (Å²) in [7, 11) is 1.55. The minimum atomic E-state index is -1.13. The van der Waals surface area contributed by atoms with Crippen molar-refractivity contribution in [3.8, 4) is 0 Å². The Labute approximate surface area is 135 Å². The summed E-state index contributed by atoms with van der Waals surface area (Å²) in [6.07, 6.45) is 2.88. The highest BCUT2D eigenvalue weighted by atomic mass is 16.2. The molecule has 0 bridgehead atoms. The lowest BCUT2D eigenvalue weighted by Gasteiger charge is -2.27. The van der Waals surface area contributed by atoms with Crippen molar-refractivity contribution in [3.63, 3.8) is 0 Å². The van der Waals surface area contributed by atoms with Gasteiger partial charge in [0.1, 0.15) is 5.54 Å². The molecule has 1 aromatic rings. The highest BCUT2D eigenvalue weighted by Gasteiger charge is 2.30. The average molecular weight is 323 g/mol. The number of aromatic nitrogens is 2. The number of urea groups is 1. The molecule has 0 aromatic carbocycles. The van der Waals surface area contributed by atoms with Gasteiger partial charge >= 0.3 is 6.03 Å². The summed E-state index contributed by atoms with van der Waals surface area (Å²) in [5.41, 5.74) is -1.62. The molecule has 0 aliphatic heterocycles. The monoisotopic (exact) mass is 323 g/mol. The van der Waals surface area contributed by atoms with E-state index in [4.69, 9.17) is 0 Å². The molecule has 8 heteroatoms. The van der Waals surface area contributed by atoms with Crippen molar-refractivity contribution in [3.05, 3.63) is 22.7 Å². The molecule has 0 fully saturated rings. The molecular weight excluding hydrogens is 298 g/mol. The van der Waals surface area contributed by atoms with Crippen LogP contribution in [0.4, 0.5) is 10.6 Å². The molecule has 0 saturated carbocycles. The summed E-state index contributed by atoms with van der Waals surface area (Å²) >= 11 is 0. The Hall–Kier alpha value is -2.38. The van der Waals surface area contributed by atoms with Crippen LogP contribution < -0.4 is 21.5 Å². The summed E-state index contributed by atoms with van der Waals surface area (Å²) < 4.78 is 1.30. The maximum absolute atomic E-state index is 12.2. The van der Waals surface area contributed by atoms with Gasteiger partial charge in [-0.05, 0) is 19.3 Å². The molecule has 0 spiro atoms. The summed E-state index contributed by atoms with van der Waals surface area (Å²) in [6.45, 7) is 9.65. The van der Waals surface area contributed by atoms with Crippen LogP contribution in [0.3, 0.4) is 0 Å². The van der Waals surface area contributed by atoms with Crippen molar-refractivity contribution in [2.75, 3.05) is 11.9 Å². The Morgan fingerprint density at radius 2 is 1.83 bits per heavy atom. The van der Waals surface area contributed by atoms with Gasteiger partial charge in [0, 0.05) is 26.0 Å². The third-order valence-corrected chi connectivity index (χ3v) is 3.02. The summed E-state index contributed by atoms with van der Waals surface area (Å²) in [4.78, 5) is 39.8. The van der Waals surface area contributed by atoms with E-state index in [1.165, 1.54) is 17.0 Å². The zero-order chi connectivity index (χ0) is 17.8. The minimum absolute atomic E-state index is 0.0613. The molecule has 23 heavy (non-hydrogen) atoms. The van der Waals surface area contributed by atoms with Gasteiger partial charge in [0.25, 0.3) is 5.56 Å². The second-order valence-corrected chi connectivity index (χ2v) is 7.14. The van der Waals surface area contributed by atoms with Gasteiger partial charge < -0.3 is 15.2 Å². The predicted octanol–water partition coefficient (Wildman–Crippen LogP) is 0.843. The molecule has 0 radical (unpaired) electrons. The van der Waals surface area contributed by atoms with E-state index >= 15 is 0 Å². The smallest absolute Gasteiger partial charge is 0.321 e. The van der Waals surface area contributed by atoms with Gasteiger partial charge in [-0.15, -0.1) is 0 Å². The van der Waals surface area contributed by atoms with E-state index in [2.05, 4.69) is 20.9 Å². The molecule has 0 aliphatic carbocycles. The molecule has 0 saturated heterocycles. The first-order valence-corrected chi connectivity index (χ1v) is 7.31. The van der Waals surface area contributed by atoms with Crippen molar-refractivity contribution in [1.29, 1.82) is 0 Å². The Bertz CT molecular complexity index is 643.